The Kier molecular flexibility index (Phi) is 13.6. The number of nitrogens with zero attached hydrogens (tertiary/aromatic N) is 2. The van der Waals surface area contributed by atoms with Crippen LogP contribution in [-0.2, 0) is 14.3 Å². The van der Waals surface area contributed by atoms with E-state index >= 15 is 0 Å². The number of carbonyl (C=O) groups excluding carboxylic acids is 2. The second-order valence-corrected chi connectivity index (χ2v) is 5.70. The van der Waals surface area contributed by atoms with E-state index in [0.717, 1.165) is 13.2 Å². The first-order valence-corrected chi connectivity index (χ1v) is 8.99. The second kappa shape index (κ2) is 15.4. The van der Waals surface area contributed by atoms with Gasteiger partial charge < -0.3 is 20.5 Å². The summed E-state index contributed by atoms with van der Waals surface area (Å²) >= 11 is 0. The fourth-order valence-electron chi connectivity index (χ4n) is 2.21. The highest BCUT2D eigenvalue weighted by Gasteiger charge is 2.18. The van der Waals surface area contributed by atoms with Crippen LogP contribution in [-0.4, -0.2) is 53.6 Å². The molecule has 30 heavy (non-hydrogen) atoms. The molecule has 0 unspecified atom stereocenters. The molecule has 0 saturated carbocycles. The van der Waals surface area contributed by atoms with E-state index in [2.05, 4.69) is 17.2 Å². The molecule has 0 heterocycles. The molecule has 12 heteroatoms. The van der Waals surface area contributed by atoms with Crippen molar-refractivity contribution in [2.75, 3.05) is 32.1 Å². The lowest BCUT2D eigenvalue weighted by atomic mass is 10.2. The Balaban J connectivity index is 0.00000407. The van der Waals surface area contributed by atoms with Crippen LogP contribution in [0.5, 0.6) is 0 Å². The number of anilines is 1. The molecule has 0 aliphatic carbocycles. The molecule has 0 radical (unpaired) electrons. The number of aliphatic hydroxyl groups is 1. The summed E-state index contributed by atoms with van der Waals surface area (Å²) < 4.78 is 4.72. The summed E-state index contributed by atoms with van der Waals surface area (Å²) in [5.74, 6) is -0.809. The third-order valence-electron chi connectivity index (χ3n) is 3.58. The maximum atomic E-state index is 11.6. The molecule has 12 nitrogen and oxygen atoms in total. The maximum Gasteiger partial charge on any atom is 0.325 e. The molecule has 1 aromatic carbocycles. The topological polar surface area (TPSA) is 174 Å². The third-order valence-corrected chi connectivity index (χ3v) is 3.58. The Hall–Kier alpha value is -3.54. The van der Waals surface area contributed by atoms with Crippen LogP contribution in [0.3, 0.4) is 0 Å². The number of amides is 1. The van der Waals surface area contributed by atoms with E-state index < -0.39 is 15.8 Å². The van der Waals surface area contributed by atoms with Gasteiger partial charge in [-0.2, -0.15) is 0 Å². The summed E-state index contributed by atoms with van der Waals surface area (Å²) in [4.78, 5) is 43.2. The quantitative estimate of drug-likeness (QED) is 0.140. The Labute approximate surface area is 173 Å². The first kappa shape index (κ1) is 26.5. The van der Waals surface area contributed by atoms with Gasteiger partial charge in [0.2, 0.25) is 5.91 Å². The van der Waals surface area contributed by atoms with Crippen molar-refractivity contribution < 1.29 is 29.3 Å². The summed E-state index contributed by atoms with van der Waals surface area (Å²) in [5, 5.41) is 34.1. The highest BCUT2D eigenvalue weighted by atomic mass is 16.6. The predicted molar refractivity (Wildman–Crippen MR) is 109 cm³/mol. The minimum Gasteiger partial charge on any atom is -0.460 e. The van der Waals surface area contributed by atoms with Crippen LogP contribution >= 0.6 is 0 Å². The number of hydrogen-bond acceptors (Lipinski definition) is 9. The number of benzene rings is 1. The number of rotatable bonds is 13. The zero-order valence-electron chi connectivity index (χ0n) is 16.7. The molecule has 166 valence electrons. The number of aliphatic hydroxyl groups excluding tert-OH is 1. The molecule has 0 spiro atoms. The summed E-state index contributed by atoms with van der Waals surface area (Å²) in [6.07, 6.45) is 3.58. The highest BCUT2D eigenvalue weighted by Crippen LogP contribution is 2.28. The standard InChI is InChI=1S/C17H22N4O7.CH4O/c1-2-10-28-17(23)12-19-16(22)6-4-3-5-9-18-14-8-7-13(20(24)25)11-15(14)21(26)27;1-2/h2,7-8,11,18H,1,3-6,9-10,12H2,(H,19,22);2H,1H3. The van der Waals surface area contributed by atoms with Gasteiger partial charge in [-0.1, -0.05) is 19.1 Å². The molecule has 3 N–H and O–H groups in total. The number of nitro groups is 2. The van der Waals surface area contributed by atoms with Crippen molar-refractivity contribution in [3.63, 3.8) is 0 Å². The zero-order chi connectivity index (χ0) is 22.9. The number of non-ortho nitro benzene ring substituents is 1. The van der Waals surface area contributed by atoms with Gasteiger partial charge in [0, 0.05) is 26.1 Å². The number of nitrogens with one attached hydrogen (secondary N) is 2. The van der Waals surface area contributed by atoms with Crippen molar-refractivity contribution in [3.05, 3.63) is 51.1 Å². The van der Waals surface area contributed by atoms with Crippen LogP contribution < -0.4 is 10.6 Å². The lowest BCUT2D eigenvalue weighted by Crippen LogP contribution is -2.30. The molecule has 1 rings (SSSR count). The van der Waals surface area contributed by atoms with E-state index in [9.17, 15) is 29.8 Å². The molecule has 1 aromatic rings. The van der Waals surface area contributed by atoms with Crippen LogP contribution in [0.15, 0.2) is 30.9 Å². The van der Waals surface area contributed by atoms with E-state index in [1.54, 1.807) is 0 Å². The van der Waals surface area contributed by atoms with E-state index in [-0.39, 0.29) is 42.5 Å². The number of unbranched alkanes of at least 4 members (excludes halogenated alkanes) is 2. The smallest absolute Gasteiger partial charge is 0.325 e. The van der Waals surface area contributed by atoms with Gasteiger partial charge in [-0.05, 0) is 18.9 Å². The average molecular weight is 426 g/mol. The molecule has 0 aromatic heterocycles. The Morgan fingerprint density at radius 3 is 2.47 bits per heavy atom. The summed E-state index contributed by atoms with van der Waals surface area (Å²) in [6, 6.07) is 3.40. The third kappa shape index (κ3) is 10.7. The largest absolute Gasteiger partial charge is 0.460 e. The molecule has 0 fully saturated rings. The summed E-state index contributed by atoms with van der Waals surface area (Å²) in [6.45, 7) is 3.71. The first-order valence-electron chi connectivity index (χ1n) is 8.99. The van der Waals surface area contributed by atoms with Gasteiger partial charge in [0.05, 0.1) is 15.9 Å². The van der Waals surface area contributed by atoms with Crippen LogP contribution in [0.1, 0.15) is 25.7 Å². The summed E-state index contributed by atoms with van der Waals surface area (Å²) in [5.41, 5.74) is -0.514. The van der Waals surface area contributed by atoms with E-state index in [4.69, 9.17) is 9.84 Å². The van der Waals surface area contributed by atoms with Gasteiger partial charge in [0.15, 0.2) is 0 Å². The number of hydrogen-bond donors (Lipinski definition) is 3. The van der Waals surface area contributed by atoms with Crippen molar-refractivity contribution in [3.8, 4) is 0 Å². The highest BCUT2D eigenvalue weighted by molar-refractivity contribution is 5.81. The molecular weight excluding hydrogens is 400 g/mol. The average Bonchev–Trinajstić information content (AvgIpc) is 2.74. The Bertz CT molecular complexity index is 739. The van der Waals surface area contributed by atoms with Gasteiger partial charge in [0.1, 0.15) is 18.8 Å². The molecular formula is C18H26N4O8. The number of esters is 1. The fraction of sp³-hybridized carbons (Fsp3) is 0.444. The van der Waals surface area contributed by atoms with Crippen LogP contribution in [0.2, 0.25) is 0 Å². The van der Waals surface area contributed by atoms with Gasteiger partial charge in [-0.3, -0.25) is 29.8 Å². The SMILES string of the molecule is C=CCOC(=O)CNC(=O)CCCCCNc1ccc([N+](=O)[O-])cc1[N+](=O)[O-].CO. The number of ether oxygens (including phenoxy) is 1. The first-order chi connectivity index (χ1) is 14.3. The van der Waals surface area contributed by atoms with Crippen LogP contribution in [0, 0.1) is 20.2 Å². The zero-order valence-corrected chi connectivity index (χ0v) is 16.7. The van der Waals surface area contributed by atoms with E-state index in [0.29, 0.717) is 25.8 Å². The normalized spacial score (nSPS) is 9.53. The lowest BCUT2D eigenvalue weighted by Gasteiger charge is -2.07. The Morgan fingerprint density at radius 2 is 1.87 bits per heavy atom. The van der Waals surface area contributed by atoms with Crippen molar-refractivity contribution in [1.82, 2.24) is 5.32 Å². The fourth-order valence-corrected chi connectivity index (χ4v) is 2.21. The maximum absolute atomic E-state index is 11.6. The minimum absolute atomic E-state index is 0.0919. The van der Waals surface area contributed by atoms with Gasteiger partial charge in [-0.15, -0.1) is 0 Å². The molecule has 0 aliphatic rings. The second-order valence-electron chi connectivity index (χ2n) is 5.70. The molecule has 0 saturated heterocycles. The predicted octanol–water partition coefficient (Wildman–Crippen LogP) is 1.93. The van der Waals surface area contributed by atoms with Crippen molar-refractivity contribution in [2.45, 2.75) is 25.7 Å². The van der Waals surface area contributed by atoms with E-state index in [1.165, 1.54) is 18.2 Å². The van der Waals surface area contributed by atoms with Crippen LogP contribution in [0.4, 0.5) is 17.1 Å². The van der Waals surface area contributed by atoms with E-state index in [1.807, 2.05) is 0 Å². The molecule has 0 aliphatic heterocycles. The molecule has 0 bridgehead atoms. The van der Waals surface area contributed by atoms with Crippen molar-refractivity contribution >= 4 is 28.9 Å². The van der Waals surface area contributed by atoms with Gasteiger partial charge in [0.25, 0.3) is 11.4 Å². The van der Waals surface area contributed by atoms with Crippen molar-refractivity contribution in [1.29, 1.82) is 0 Å². The minimum atomic E-state index is -0.693. The molecule has 0 atom stereocenters. The lowest BCUT2D eigenvalue weighted by molar-refractivity contribution is -0.393. The van der Waals surface area contributed by atoms with Crippen molar-refractivity contribution in [2.24, 2.45) is 0 Å². The Morgan fingerprint density at radius 1 is 1.17 bits per heavy atom. The van der Waals surface area contributed by atoms with Gasteiger partial charge in [-0.25, -0.2) is 0 Å². The molecule has 1 amide bonds. The summed E-state index contributed by atoms with van der Waals surface area (Å²) in [7, 11) is 1.00. The van der Waals surface area contributed by atoms with Crippen LogP contribution in [0.25, 0.3) is 0 Å². The number of carbonyl (C=O) groups is 2. The van der Waals surface area contributed by atoms with Gasteiger partial charge >= 0.3 is 5.97 Å². The number of nitro benzene ring substituents is 2. The monoisotopic (exact) mass is 426 g/mol.